The number of rotatable bonds is 5. The number of imidazole rings is 1. The van der Waals surface area contributed by atoms with Gasteiger partial charge in [0.25, 0.3) is 0 Å². The van der Waals surface area contributed by atoms with Crippen LogP contribution in [0.2, 0.25) is 0 Å². The molecule has 1 unspecified atom stereocenters. The van der Waals surface area contributed by atoms with Crippen molar-refractivity contribution in [3.05, 3.63) is 18.3 Å². The largest absolute Gasteiger partial charge is 0.463 e. The Kier molecular flexibility index (Phi) is 5.31. The summed E-state index contributed by atoms with van der Waals surface area (Å²) in [5.74, 6) is -1.53. The minimum absolute atomic E-state index is 0.188. The summed E-state index contributed by atoms with van der Waals surface area (Å²) in [6.45, 7) is 3.49. The SMILES string of the molecule is CC(=O)OC[C@H]1OC(c2ncc3[nH]cnc3n2)[C@@H](OC(C)=O)[C@@H]1OC(C)=O. The number of H-pyrrole nitrogens is 1. The summed E-state index contributed by atoms with van der Waals surface area (Å²) >= 11 is 0. The highest BCUT2D eigenvalue weighted by molar-refractivity contribution is 5.69. The molecule has 1 aliphatic rings. The lowest BCUT2D eigenvalue weighted by molar-refractivity contribution is -0.165. The second-order valence-electron chi connectivity index (χ2n) is 5.91. The van der Waals surface area contributed by atoms with Gasteiger partial charge in [-0.25, -0.2) is 15.0 Å². The van der Waals surface area contributed by atoms with Crippen molar-refractivity contribution >= 4 is 29.1 Å². The van der Waals surface area contributed by atoms with Crippen LogP contribution in [-0.4, -0.2) is 62.8 Å². The van der Waals surface area contributed by atoms with E-state index in [1.165, 1.54) is 33.3 Å². The van der Waals surface area contributed by atoms with Gasteiger partial charge in [-0.05, 0) is 0 Å². The first kappa shape index (κ1) is 18.7. The number of esters is 3. The molecule has 0 radical (unpaired) electrons. The van der Waals surface area contributed by atoms with Crippen LogP contribution in [0.1, 0.15) is 32.7 Å². The fourth-order valence-electron chi connectivity index (χ4n) is 2.81. The molecule has 3 heterocycles. The molecule has 144 valence electrons. The molecule has 1 fully saturated rings. The lowest BCUT2D eigenvalue weighted by atomic mass is 10.1. The van der Waals surface area contributed by atoms with Gasteiger partial charge >= 0.3 is 17.9 Å². The monoisotopic (exact) mass is 378 g/mol. The van der Waals surface area contributed by atoms with E-state index in [0.29, 0.717) is 11.2 Å². The number of nitrogens with zero attached hydrogens (tertiary/aromatic N) is 3. The van der Waals surface area contributed by atoms with Crippen molar-refractivity contribution in [1.82, 2.24) is 19.9 Å². The molecule has 1 saturated heterocycles. The first-order valence-corrected chi connectivity index (χ1v) is 8.14. The number of hydrogen-bond donors (Lipinski definition) is 1. The number of aromatic amines is 1. The van der Waals surface area contributed by atoms with Gasteiger partial charge in [0.05, 0.1) is 12.5 Å². The molecule has 27 heavy (non-hydrogen) atoms. The Balaban J connectivity index is 1.94. The van der Waals surface area contributed by atoms with Crippen molar-refractivity contribution in [3.8, 4) is 0 Å². The van der Waals surface area contributed by atoms with Crippen LogP contribution in [0.4, 0.5) is 0 Å². The minimum atomic E-state index is -1.01. The van der Waals surface area contributed by atoms with Gasteiger partial charge in [-0.1, -0.05) is 0 Å². The van der Waals surface area contributed by atoms with Crippen molar-refractivity contribution in [2.24, 2.45) is 0 Å². The van der Waals surface area contributed by atoms with Crippen LogP contribution in [0.5, 0.6) is 0 Å². The molecule has 0 saturated carbocycles. The van der Waals surface area contributed by atoms with Crippen molar-refractivity contribution in [1.29, 1.82) is 0 Å². The van der Waals surface area contributed by atoms with Gasteiger partial charge in [0.1, 0.15) is 18.2 Å². The van der Waals surface area contributed by atoms with E-state index >= 15 is 0 Å². The van der Waals surface area contributed by atoms with Gasteiger partial charge in [0.15, 0.2) is 29.8 Å². The van der Waals surface area contributed by atoms with E-state index in [0.717, 1.165) is 0 Å². The standard InChI is InChI=1S/C16H18N4O7/c1-7(21)24-5-11-12(25-8(2)22)13(26-9(3)23)14(27-11)16-17-4-10-15(20-16)19-6-18-10/h4,6,11-14H,5H2,1-3H3,(H,17,18,19,20)/t11-,12-,13+,14?/m1/s1. The highest BCUT2D eigenvalue weighted by Gasteiger charge is 2.51. The van der Waals surface area contributed by atoms with Crippen LogP contribution in [0.15, 0.2) is 12.5 Å². The topological polar surface area (TPSA) is 143 Å². The molecule has 11 heteroatoms. The molecule has 1 aliphatic heterocycles. The summed E-state index contributed by atoms with van der Waals surface area (Å²) in [6, 6.07) is 0. The second kappa shape index (κ2) is 7.66. The number of ether oxygens (including phenoxy) is 4. The highest BCUT2D eigenvalue weighted by atomic mass is 16.6. The molecule has 0 spiro atoms. The first-order chi connectivity index (χ1) is 12.8. The fraction of sp³-hybridized carbons (Fsp3) is 0.500. The summed E-state index contributed by atoms with van der Waals surface area (Å²) in [4.78, 5) is 49.7. The third-order valence-electron chi connectivity index (χ3n) is 3.81. The van der Waals surface area contributed by atoms with Gasteiger partial charge in [0, 0.05) is 20.8 Å². The lowest BCUT2D eigenvalue weighted by Crippen LogP contribution is -2.40. The fourth-order valence-corrected chi connectivity index (χ4v) is 2.81. The van der Waals surface area contributed by atoms with Gasteiger partial charge in [0.2, 0.25) is 0 Å². The van der Waals surface area contributed by atoms with Gasteiger partial charge in [-0.15, -0.1) is 0 Å². The Labute approximate surface area is 153 Å². The third kappa shape index (κ3) is 4.19. The molecular weight excluding hydrogens is 360 g/mol. The molecular formula is C16H18N4O7. The van der Waals surface area contributed by atoms with E-state index in [1.54, 1.807) is 0 Å². The van der Waals surface area contributed by atoms with E-state index in [9.17, 15) is 14.4 Å². The average Bonchev–Trinajstić information content (AvgIpc) is 3.17. The van der Waals surface area contributed by atoms with Crippen molar-refractivity contribution in [3.63, 3.8) is 0 Å². The lowest BCUT2D eigenvalue weighted by Gasteiger charge is -2.22. The Morgan fingerprint density at radius 1 is 1.07 bits per heavy atom. The third-order valence-corrected chi connectivity index (χ3v) is 3.81. The normalized spacial score (nSPS) is 24.6. The van der Waals surface area contributed by atoms with Crippen LogP contribution in [0.3, 0.4) is 0 Å². The van der Waals surface area contributed by atoms with E-state index < -0.39 is 42.3 Å². The molecule has 1 N–H and O–H groups in total. The van der Waals surface area contributed by atoms with Crippen LogP contribution >= 0.6 is 0 Å². The van der Waals surface area contributed by atoms with Gasteiger partial charge in [-0.3, -0.25) is 14.4 Å². The molecule has 0 aromatic carbocycles. The summed E-state index contributed by atoms with van der Waals surface area (Å²) in [7, 11) is 0. The molecule has 0 aliphatic carbocycles. The number of carbonyl (C=O) groups is 3. The first-order valence-electron chi connectivity index (χ1n) is 8.14. The van der Waals surface area contributed by atoms with Gasteiger partial charge in [-0.2, -0.15) is 0 Å². The van der Waals surface area contributed by atoms with Crippen molar-refractivity contribution < 1.29 is 33.3 Å². The van der Waals surface area contributed by atoms with E-state index in [2.05, 4.69) is 19.9 Å². The predicted molar refractivity (Wildman–Crippen MR) is 87.0 cm³/mol. The number of hydrogen-bond acceptors (Lipinski definition) is 10. The summed E-state index contributed by atoms with van der Waals surface area (Å²) in [5.41, 5.74) is 1.02. The number of nitrogens with one attached hydrogen (secondary N) is 1. The number of carbonyl (C=O) groups excluding carboxylic acids is 3. The Morgan fingerprint density at radius 2 is 1.78 bits per heavy atom. The zero-order valence-corrected chi connectivity index (χ0v) is 14.9. The smallest absolute Gasteiger partial charge is 0.303 e. The molecule has 3 rings (SSSR count). The zero-order chi connectivity index (χ0) is 19.6. The maximum atomic E-state index is 11.6. The van der Waals surface area contributed by atoms with Crippen molar-refractivity contribution in [2.75, 3.05) is 6.61 Å². The minimum Gasteiger partial charge on any atom is -0.463 e. The summed E-state index contributed by atoms with van der Waals surface area (Å²) in [6.07, 6.45) is -0.810. The van der Waals surface area contributed by atoms with Crippen LogP contribution in [-0.2, 0) is 33.3 Å². The van der Waals surface area contributed by atoms with Crippen LogP contribution < -0.4 is 0 Å². The number of fused-ring (bicyclic) bond motifs is 1. The predicted octanol–water partition coefficient (Wildman–Crippen LogP) is 0.219. The molecule has 2 aromatic heterocycles. The zero-order valence-electron chi connectivity index (χ0n) is 14.9. The molecule has 11 nitrogen and oxygen atoms in total. The Bertz CT molecular complexity index is 867. The van der Waals surface area contributed by atoms with E-state index in [4.69, 9.17) is 18.9 Å². The van der Waals surface area contributed by atoms with Crippen LogP contribution in [0, 0.1) is 0 Å². The van der Waals surface area contributed by atoms with E-state index in [-0.39, 0.29) is 12.4 Å². The maximum Gasteiger partial charge on any atom is 0.303 e. The highest BCUT2D eigenvalue weighted by Crippen LogP contribution is 2.36. The quantitative estimate of drug-likeness (QED) is 0.567. The summed E-state index contributed by atoms with van der Waals surface area (Å²) in [5, 5.41) is 0. The van der Waals surface area contributed by atoms with Crippen molar-refractivity contribution in [2.45, 2.75) is 45.2 Å². The van der Waals surface area contributed by atoms with Crippen LogP contribution in [0.25, 0.3) is 11.2 Å². The molecule has 0 amide bonds. The molecule has 2 aromatic rings. The maximum absolute atomic E-state index is 11.6. The summed E-state index contributed by atoms with van der Waals surface area (Å²) < 4.78 is 21.5. The molecule has 4 atom stereocenters. The Morgan fingerprint density at radius 3 is 2.44 bits per heavy atom. The van der Waals surface area contributed by atoms with Gasteiger partial charge < -0.3 is 23.9 Å². The number of aromatic nitrogens is 4. The van der Waals surface area contributed by atoms with E-state index in [1.807, 2.05) is 0 Å². The second-order valence-corrected chi connectivity index (χ2v) is 5.91. The average molecular weight is 378 g/mol. The Hall–Kier alpha value is -3.08. The molecule has 0 bridgehead atoms.